The van der Waals surface area contributed by atoms with Gasteiger partial charge >= 0.3 is 6.01 Å². The van der Waals surface area contributed by atoms with Crippen LogP contribution in [0, 0.1) is 0 Å². The number of aromatic nitrogens is 2. The summed E-state index contributed by atoms with van der Waals surface area (Å²) in [5.74, 6) is 0.604. The first-order valence-corrected chi connectivity index (χ1v) is 5.53. The Morgan fingerprint density at radius 2 is 2.19 bits per heavy atom. The maximum absolute atomic E-state index is 5.47. The fourth-order valence-corrected chi connectivity index (χ4v) is 1.64. The van der Waals surface area contributed by atoms with Gasteiger partial charge in [-0.2, -0.15) is 0 Å². The molecule has 0 saturated heterocycles. The van der Waals surface area contributed by atoms with Gasteiger partial charge < -0.3 is 19.8 Å². The minimum Gasteiger partial charge on any atom is -0.406 e. The van der Waals surface area contributed by atoms with Crippen molar-refractivity contribution in [3.63, 3.8) is 0 Å². The fraction of sp³-hybridized carbons (Fsp3) is 0.800. The van der Waals surface area contributed by atoms with Gasteiger partial charge in [0, 0.05) is 13.2 Å². The summed E-state index contributed by atoms with van der Waals surface area (Å²) in [4.78, 5) is 0. The quantitative estimate of drug-likeness (QED) is 0.778. The van der Waals surface area contributed by atoms with Crippen LogP contribution in [0.3, 0.4) is 0 Å². The van der Waals surface area contributed by atoms with Crippen molar-refractivity contribution in [3.8, 4) is 0 Å². The molecule has 0 aliphatic heterocycles. The van der Waals surface area contributed by atoms with Gasteiger partial charge in [0.1, 0.15) is 0 Å². The summed E-state index contributed by atoms with van der Waals surface area (Å²) in [7, 11) is 3.59. The molecule has 1 saturated carbocycles. The zero-order valence-corrected chi connectivity index (χ0v) is 9.86. The Kier molecular flexibility index (Phi) is 3.40. The van der Waals surface area contributed by atoms with Crippen molar-refractivity contribution in [2.45, 2.75) is 38.0 Å². The Bertz CT molecular complexity index is 335. The molecule has 0 bridgehead atoms. The molecule has 2 rings (SSSR count). The number of methoxy groups -OCH3 is 1. The van der Waals surface area contributed by atoms with Crippen LogP contribution in [-0.4, -0.2) is 36.5 Å². The van der Waals surface area contributed by atoms with E-state index in [4.69, 9.17) is 9.15 Å². The molecule has 1 fully saturated rings. The lowest BCUT2D eigenvalue weighted by molar-refractivity contribution is 0.0323. The van der Waals surface area contributed by atoms with E-state index in [1.807, 2.05) is 14.0 Å². The SMILES string of the molecule is CNC(C)c1nnc(NC2CC(OC)C2)o1. The zero-order valence-electron chi connectivity index (χ0n) is 9.86. The van der Waals surface area contributed by atoms with Crippen molar-refractivity contribution in [3.05, 3.63) is 5.89 Å². The second-order valence-corrected chi connectivity index (χ2v) is 4.13. The molecule has 1 aromatic heterocycles. The Morgan fingerprint density at radius 1 is 1.44 bits per heavy atom. The molecule has 1 aromatic rings. The smallest absolute Gasteiger partial charge is 0.315 e. The topological polar surface area (TPSA) is 72.2 Å². The van der Waals surface area contributed by atoms with Crippen LogP contribution in [0.2, 0.25) is 0 Å². The molecule has 1 atom stereocenters. The molecular formula is C10H18N4O2. The van der Waals surface area contributed by atoms with Crippen molar-refractivity contribution in [1.82, 2.24) is 15.5 Å². The zero-order chi connectivity index (χ0) is 11.5. The average Bonchev–Trinajstić information content (AvgIpc) is 2.70. The molecule has 2 N–H and O–H groups in total. The van der Waals surface area contributed by atoms with E-state index >= 15 is 0 Å². The first-order chi connectivity index (χ1) is 7.72. The van der Waals surface area contributed by atoms with Crippen molar-refractivity contribution < 1.29 is 9.15 Å². The van der Waals surface area contributed by atoms with E-state index in [1.54, 1.807) is 7.11 Å². The highest BCUT2D eigenvalue weighted by Gasteiger charge is 2.30. The number of nitrogens with zero attached hydrogens (tertiary/aromatic N) is 2. The van der Waals surface area contributed by atoms with Gasteiger partial charge in [0.15, 0.2) is 0 Å². The maximum atomic E-state index is 5.47. The monoisotopic (exact) mass is 226 g/mol. The van der Waals surface area contributed by atoms with E-state index in [2.05, 4.69) is 20.8 Å². The Labute approximate surface area is 94.8 Å². The molecule has 0 spiro atoms. The number of rotatable bonds is 5. The van der Waals surface area contributed by atoms with Gasteiger partial charge in [0.2, 0.25) is 5.89 Å². The highest BCUT2D eigenvalue weighted by Crippen LogP contribution is 2.26. The lowest BCUT2D eigenvalue weighted by Crippen LogP contribution is -2.40. The minimum atomic E-state index is 0.0798. The normalized spacial score (nSPS) is 26.2. The Hall–Kier alpha value is -1.14. The van der Waals surface area contributed by atoms with Crippen LogP contribution < -0.4 is 10.6 Å². The molecule has 1 aliphatic carbocycles. The summed E-state index contributed by atoms with van der Waals surface area (Å²) in [6.45, 7) is 1.97. The molecular weight excluding hydrogens is 208 g/mol. The summed E-state index contributed by atoms with van der Waals surface area (Å²) < 4.78 is 10.7. The van der Waals surface area contributed by atoms with Gasteiger partial charge in [0.05, 0.1) is 12.1 Å². The van der Waals surface area contributed by atoms with Gasteiger partial charge in [0.25, 0.3) is 0 Å². The lowest BCUT2D eigenvalue weighted by Gasteiger charge is -2.33. The van der Waals surface area contributed by atoms with Gasteiger partial charge in [-0.25, -0.2) is 0 Å². The predicted octanol–water partition coefficient (Wildman–Crippen LogP) is 0.939. The molecule has 0 amide bonds. The predicted molar refractivity (Wildman–Crippen MR) is 59.2 cm³/mol. The third-order valence-electron chi connectivity index (χ3n) is 3.00. The van der Waals surface area contributed by atoms with Gasteiger partial charge in [-0.1, -0.05) is 5.10 Å². The van der Waals surface area contributed by atoms with Crippen LogP contribution in [0.1, 0.15) is 31.7 Å². The van der Waals surface area contributed by atoms with Crippen LogP contribution in [-0.2, 0) is 4.74 Å². The first-order valence-electron chi connectivity index (χ1n) is 5.53. The van der Waals surface area contributed by atoms with Crippen LogP contribution in [0.5, 0.6) is 0 Å². The molecule has 16 heavy (non-hydrogen) atoms. The van der Waals surface area contributed by atoms with E-state index in [0.717, 1.165) is 12.8 Å². The standard InChI is InChI=1S/C10H18N4O2/c1-6(11-2)9-13-14-10(16-9)12-7-4-8(5-7)15-3/h6-8,11H,4-5H2,1-3H3,(H,12,14). The van der Waals surface area contributed by atoms with E-state index in [1.165, 1.54) is 0 Å². The lowest BCUT2D eigenvalue weighted by atomic mass is 9.89. The van der Waals surface area contributed by atoms with E-state index in [0.29, 0.717) is 24.1 Å². The summed E-state index contributed by atoms with van der Waals surface area (Å²) in [6.07, 6.45) is 2.36. The number of nitrogens with one attached hydrogen (secondary N) is 2. The third kappa shape index (κ3) is 2.33. The molecule has 90 valence electrons. The summed E-state index contributed by atoms with van der Waals surface area (Å²) >= 11 is 0. The summed E-state index contributed by atoms with van der Waals surface area (Å²) in [6, 6.07) is 0.968. The second kappa shape index (κ2) is 4.80. The van der Waals surface area contributed by atoms with Gasteiger partial charge in [-0.15, -0.1) is 5.10 Å². The molecule has 0 aromatic carbocycles. The van der Waals surface area contributed by atoms with Crippen molar-refractivity contribution in [2.75, 3.05) is 19.5 Å². The van der Waals surface area contributed by atoms with Gasteiger partial charge in [-0.05, 0) is 26.8 Å². The highest BCUT2D eigenvalue weighted by atomic mass is 16.5. The largest absolute Gasteiger partial charge is 0.406 e. The molecule has 6 nitrogen and oxygen atoms in total. The number of hydrogen-bond acceptors (Lipinski definition) is 6. The molecule has 1 aliphatic rings. The molecule has 1 heterocycles. The van der Waals surface area contributed by atoms with E-state index in [9.17, 15) is 0 Å². The van der Waals surface area contributed by atoms with Gasteiger partial charge in [-0.3, -0.25) is 0 Å². The highest BCUT2D eigenvalue weighted by molar-refractivity contribution is 5.22. The molecule has 1 unspecified atom stereocenters. The first kappa shape index (κ1) is 11.3. The molecule has 6 heteroatoms. The van der Waals surface area contributed by atoms with E-state index < -0.39 is 0 Å². The van der Waals surface area contributed by atoms with Crippen molar-refractivity contribution >= 4 is 6.01 Å². The summed E-state index contributed by atoms with van der Waals surface area (Å²) in [5.41, 5.74) is 0. The van der Waals surface area contributed by atoms with Crippen molar-refractivity contribution in [1.29, 1.82) is 0 Å². The third-order valence-corrected chi connectivity index (χ3v) is 3.00. The van der Waals surface area contributed by atoms with Crippen LogP contribution in [0.25, 0.3) is 0 Å². The Morgan fingerprint density at radius 3 is 2.81 bits per heavy atom. The van der Waals surface area contributed by atoms with Crippen LogP contribution in [0.4, 0.5) is 6.01 Å². The summed E-state index contributed by atoms with van der Waals surface area (Å²) in [5, 5.41) is 14.2. The Balaban J connectivity index is 1.84. The van der Waals surface area contributed by atoms with Crippen molar-refractivity contribution in [2.24, 2.45) is 0 Å². The molecule has 0 radical (unpaired) electrons. The van der Waals surface area contributed by atoms with E-state index in [-0.39, 0.29) is 6.04 Å². The minimum absolute atomic E-state index is 0.0798. The second-order valence-electron chi connectivity index (χ2n) is 4.13. The van der Waals surface area contributed by atoms with Crippen LogP contribution >= 0.6 is 0 Å². The number of ether oxygens (including phenoxy) is 1. The fourth-order valence-electron chi connectivity index (χ4n) is 1.64. The van der Waals surface area contributed by atoms with Crippen LogP contribution in [0.15, 0.2) is 4.42 Å². The maximum Gasteiger partial charge on any atom is 0.315 e. The average molecular weight is 226 g/mol. The number of hydrogen-bond donors (Lipinski definition) is 2. The number of anilines is 1.